The largest absolute Gasteiger partial charge is 0.289 e. The van der Waals surface area contributed by atoms with Crippen molar-refractivity contribution < 1.29 is 29.8 Å². The molecule has 154 valence electrons. The summed E-state index contributed by atoms with van der Waals surface area (Å²) < 4.78 is 82.5. The predicted molar refractivity (Wildman–Crippen MR) is 102 cm³/mol. The van der Waals surface area contributed by atoms with Crippen molar-refractivity contribution in [1.29, 1.82) is 0 Å². The first-order valence-corrected chi connectivity index (χ1v) is 11.7. The van der Waals surface area contributed by atoms with E-state index in [1.54, 1.807) is 6.92 Å². The lowest BCUT2D eigenvalue weighted by atomic mass is 10.2. The average Bonchev–Trinajstić information content (AvgIpc) is 2.57. The molecule has 2 aromatic rings. The summed E-state index contributed by atoms with van der Waals surface area (Å²) in [5.74, 6) is -2.16. The Morgan fingerprint density at radius 3 is 2.21 bits per heavy atom. The van der Waals surface area contributed by atoms with Crippen LogP contribution >= 0.6 is 11.6 Å². The maximum atomic E-state index is 14.4. The van der Waals surface area contributed by atoms with Gasteiger partial charge in [-0.25, -0.2) is 17.2 Å². The molecule has 0 aromatic heterocycles. The van der Waals surface area contributed by atoms with Gasteiger partial charge < -0.3 is 0 Å². The van der Waals surface area contributed by atoms with Crippen LogP contribution in [0.2, 0.25) is 5.02 Å². The molecule has 0 aliphatic heterocycles. The zero-order valence-corrected chi connectivity index (χ0v) is 17.5. The SMILES string of the molecule is CCCC(C)OS(=O)(=O)C(c1cc(F)ccc1F)S(=O)(=O)c1ccc(Cl)cc1. The molecule has 0 radical (unpaired) electrons. The first-order valence-electron chi connectivity index (χ1n) is 8.35. The van der Waals surface area contributed by atoms with Gasteiger partial charge in [-0.3, -0.25) is 4.18 Å². The Hall–Kier alpha value is -1.55. The van der Waals surface area contributed by atoms with Gasteiger partial charge in [0.25, 0.3) is 10.1 Å². The van der Waals surface area contributed by atoms with E-state index < -0.39 is 52.7 Å². The van der Waals surface area contributed by atoms with Crippen LogP contribution < -0.4 is 0 Å². The highest BCUT2D eigenvalue weighted by Gasteiger charge is 2.44. The number of hydrogen-bond acceptors (Lipinski definition) is 5. The Morgan fingerprint density at radius 1 is 1.04 bits per heavy atom. The van der Waals surface area contributed by atoms with Gasteiger partial charge in [-0.15, -0.1) is 0 Å². The van der Waals surface area contributed by atoms with Crippen LogP contribution in [-0.2, 0) is 24.1 Å². The number of hydrogen-bond donors (Lipinski definition) is 0. The topological polar surface area (TPSA) is 77.5 Å². The first-order chi connectivity index (χ1) is 13.0. The quantitative estimate of drug-likeness (QED) is 0.546. The van der Waals surface area contributed by atoms with Crippen LogP contribution in [0, 0.1) is 11.6 Å². The van der Waals surface area contributed by atoms with E-state index in [1.807, 2.05) is 0 Å². The predicted octanol–water partition coefficient (Wildman–Crippen LogP) is 4.63. The van der Waals surface area contributed by atoms with Crippen molar-refractivity contribution in [3.8, 4) is 0 Å². The minimum atomic E-state index is -4.88. The van der Waals surface area contributed by atoms with E-state index in [2.05, 4.69) is 0 Å². The van der Waals surface area contributed by atoms with Gasteiger partial charge in [-0.05, 0) is 55.8 Å². The molecular formula is C18H19ClF2O5S2. The van der Waals surface area contributed by atoms with Crippen molar-refractivity contribution in [1.82, 2.24) is 0 Å². The molecule has 0 fully saturated rings. The third-order valence-electron chi connectivity index (χ3n) is 3.89. The third kappa shape index (κ3) is 5.08. The van der Waals surface area contributed by atoms with Gasteiger partial charge in [0.2, 0.25) is 14.4 Å². The second-order valence-electron chi connectivity index (χ2n) is 6.19. The van der Waals surface area contributed by atoms with Crippen LogP contribution in [0.1, 0.15) is 36.8 Å². The molecule has 0 saturated carbocycles. The molecule has 0 saturated heterocycles. The Morgan fingerprint density at radius 2 is 1.64 bits per heavy atom. The van der Waals surface area contributed by atoms with E-state index in [9.17, 15) is 25.6 Å². The van der Waals surface area contributed by atoms with Gasteiger partial charge >= 0.3 is 0 Å². The molecule has 2 aromatic carbocycles. The fraction of sp³-hybridized carbons (Fsp3) is 0.333. The number of halogens is 3. The molecule has 0 heterocycles. The smallest absolute Gasteiger partial charge is 0.266 e. The molecule has 2 rings (SSSR count). The van der Waals surface area contributed by atoms with Crippen LogP contribution in [0.5, 0.6) is 0 Å². The van der Waals surface area contributed by atoms with Crippen LogP contribution in [0.25, 0.3) is 0 Å². The third-order valence-corrected chi connectivity index (χ3v) is 8.73. The maximum Gasteiger partial charge on any atom is 0.289 e. The van der Waals surface area contributed by atoms with Crippen LogP contribution in [0.4, 0.5) is 8.78 Å². The number of rotatable bonds is 8. The van der Waals surface area contributed by atoms with Gasteiger partial charge in [-0.2, -0.15) is 8.42 Å². The van der Waals surface area contributed by atoms with Gasteiger partial charge in [0.1, 0.15) is 11.6 Å². The molecule has 0 bridgehead atoms. The van der Waals surface area contributed by atoms with Crippen molar-refractivity contribution in [2.45, 2.75) is 42.3 Å². The van der Waals surface area contributed by atoms with E-state index in [0.29, 0.717) is 25.0 Å². The first kappa shape index (κ1) is 22.7. The molecule has 2 atom stereocenters. The van der Waals surface area contributed by atoms with Gasteiger partial charge in [0.05, 0.1) is 11.0 Å². The van der Waals surface area contributed by atoms with Gasteiger partial charge in [0.15, 0.2) is 0 Å². The normalized spacial score (nSPS) is 14.6. The summed E-state index contributed by atoms with van der Waals surface area (Å²) in [5, 5.41) is 0.225. The second-order valence-corrected chi connectivity index (χ2v) is 10.6. The Bertz CT molecular complexity index is 1040. The molecule has 0 aliphatic rings. The zero-order chi connectivity index (χ0) is 21.1. The number of benzene rings is 2. The summed E-state index contributed by atoms with van der Waals surface area (Å²) in [6.45, 7) is 3.25. The Balaban J connectivity index is 2.69. The highest BCUT2D eigenvalue weighted by molar-refractivity contribution is 8.06. The monoisotopic (exact) mass is 452 g/mol. The van der Waals surface area contributed by atoms with Crippen LogP contribution in [0.15, 0.2) is 47.4 Å². The summed E-state index contributed by atoms with van der Waals surface area (Å²) in [6.07, 6.45) is 0.0765. The van der Waals surface area contributed by atoms with E-state index in [1.165, 1.54) is 19.1 Å². The lowest BCUT2D eigenvalue weighted by Gasteiger charge is -2.21. The lowest BCUT2D eigenvalue weighted by molar-refractivity contribution is 0.216. The fourth-order valence-electron chi connectivity index (χ4n) is 2.65. The van der Waals surface area contributed by atoms with Crippen molar-refractivity contribution >= 4 is 31.6 Å². The fourth-order valence-corrected chi connectivity index (χ4v) is 6.92. The van der Waals surface area contributed by atoms with E-state index in [4.69, 9.17) is 15.8 Å². The summed E-state index contributed by atoms with van der Waals surface area (Å²) >= 11 is 5.75. The summed E-state index contributed by atoms with van der Waals surface area (Å²) in [7, 11) is -9.59. The summed E-state index contributed by atoms with van der Waals surface area (Å²) in [6, 6.07) is 6.65. The van der Waals surface area contributed by atoms with Crippen molar-refractivity contribution in [3.05, 3.63) is 64.7 Å². The average molecular weight is 453 g/mol. The van der Waals surface area contributed by atoms with Crippen LogP contribution in [0.3, 0.4) is 0 Å². The van der Waals surface area contributed by atoms with E-state index >= 15 is 0 Å². The summed E-state index contributed by atoms with van der Waals surface area (Å²) in [5.41, 5.74) is -0.848. The molecule has 0 N–H and O–H groups in total. The van der Waals surface area contributed by atoms with Gasteiger partial charge in [-0.1, -0.05) is 24.9 Å². The maximum absolute atomic E-state index is 14.4. The molecule has 28 heavy (non-hydrogen) atoms. The minimum Gasteiger partial charge on any atom is -0.266 e. The second kappa shape index (κ2) is 8.86. The lowest BCUT2D eigenvalue weighted by Crippen LogP contribution is -2.28. The standard InChI is InChI=1S/C18H19ClF2O5S2/c1-3-4-12(2)26-28(24,25)18(16-11-14(20)7-10-17(16)21)27(22,23)15-8-5-13(19)6-9-15/h5-12,18H,3-4H2,1-2H3. The molecule has 5 nitrogen and oxygen atoms in total. The van der Waals surface area contributed by atoms with Crippen molar-refractivity contribution in [2.75, 3.05) is 0 Å². The van der Waals surface area contributed by atoms with Gasteiger partial charge in [0, 0.05) is 10.6 Å². The van der Waals surface area contributed by atoms with Crippen molar-refractivity contribution in [3.63, 3.8) is 0 Å². The Kier molecular flexibility index (Phi) is 7.19. The van der Waals surface area contributed by atoms with E-state index in [0.717, 1.165) is 18.2 Å². The minimum absolute atomic E-state index is 0.225. The van der Waals surface area contributed by atoms with Crippen LogP contribution in [-0.4, -0.2) is 22.9 Å². The highest BCUT2D eigenvalue weighted by atomic mass is 35.5. The highest BCUT2D eigenvalue weighted by Crippen LogP contribution is 2.37. The molecular weight excluding hydrogens is 434 g/mol. The van der Waals surface area contributed by atoms with E-state index in [-0.39, 0.29) is 5.02 Å². The molecule has 10 heteroatoms. The summed E-state index contributed by atoms with van der Waals surface area (Å²) in [4.78, 5) is -0.416. The zero-order valence-electron chi connectivity index (χ0n) is 15.1. The molecule has 0 spiro atoms. The Labute approximate surface area is 168 Å². The molecule has 0 amide bonds. The number of sulfone groups is 1. The molecule has 2 unspecified atom stereocenters. The molecule has 0 aliphatic carbocycles. The van der Waals surface area contributed by atoms with Crippen molar-refractivity contribution in [2.24, 2.45) is 0 Å².